The van der Waals surface area contributed by atoms with E-state index < -0.39 is 0 Å². The Morgan fingerprint density at radius 1 is 1.35 bits per heavy atom. The fourth-order valence-electron chi connectivity index (χ4n) is 2.65. The molecule has 0 radical (unpaired) electrons. The summed E-state index contributed by atoms with van der Waals surface area (Å²) in [7, 11) is 0. The summed E-state index contributed by atoms with van der Waals surface area (Å²) in [5.41, 5.74) is 0. The second-order valence-electron chi connectivity index (χ2n) is 5.22. The van der Waals surface area contributed by atoms with Gasteiger partial charge in [0.15, 0.2) is 0 Å². The molecular formula is C15H22N2O2S. The molecule has 1 saturated heterocycles. The van der Waals surface area contributed by atoms with E-state index >= 15 is 0 Å². The van der Waals surface area contributed by atoms with E-state index in [1.807, 2.05) is 13.8 Å². The van der Waals surface area contributed by atoms with Crippen molar-refractivity contribution in [1.82, 2.24) is 10.2 Å². The van der Waals surface area contributed by atoms with E-state index in [2.05, 4.69) is 24.4 Å². The minimum absolute atomic E-state index is 0.0384. The normalized spacial score (nSPS) is 19.4. The third kappa shape index (κ3) is 3.10. The minimum Gasteiger partial charge on any atom is -0.300 e. The van der Waals surface area contributed by atoms with Crippen molar-refractivity contribution in [3.05, 3.63) is 21.9 Å². The summed E-state index contributed by atoms with van der Waals surface area (Å²) in [6.07, 6.45) is 1.94. The van der Waals surface area contributed by atoms with Crippen LogP contribution in [0, 0.1) is 6.92 Å². The third-order valence-corrected chi connectivity index (χ3v) is 4.81. The predicted octanol–water partition coefficient (Wildman–Crippen LogP) is 2.46. The number of likely N-dealkylation sites (tertiary alicyclic amines) is 1. The fourth-order valence-corrected chi connectivity index (χ4v) is 3.49. The van der Waals surface area contributed by atoms with Crippen molar-refractivity contribution < 1.29 is 9.59 Å². The molecule has 0 saturated carbocycles. The molecule has 2 amide bonds. The van der Waals surface area contributed by atoms with Gasteiger partial charge >= 0.3 is 0 Å². The first-order valence-electron chi connectivity index (χ1n) is 7.21. The number of rotatable bonds is 6. The molecule has 1 N–H and O–H groups in total. The zero-order valence-corrected chi connectivity index (χ0v) is 13.1. The second kappa shape index (κ2) is 6.50. The average molecular weight is 294 g/mol. The smallest absolute Gasteiger partial charge is 0.247 e. The number of nitrogens with one attached hydrogen (secondary N) is 1. The van der Waals surface area contributed by atoms with Crippen LogP contribution in [-0.4, -0.2) is 28.8 Å². The van der Waals surface area contributed by atoms with Gasteiger partial charge in [0.05, 0.1) is 12.5 Å². The lowest BCUT2D eigenvalue weighted by Gasteiger charge is -2.24. The Kier molecular flexibility index (Phi) is 4.94. The molecule has 110 valence electrons. The maximum atomic E-state index is 12.3. The topological polar surface area (TPSA) is 49.4 Å². The molecule has 1 aliphatic rings. The maximum absolute atomic E-state index is 12.3. The number of imide groups is 1. The first-order valence-corrected chi connectivity index (χ1v) is 8.03. The highest BCUT2D eigenvalue weighted by molar-refractivity contribution is 7.11. The van der Waals surface area contributed by atoms with Gasteiger partial charge in [-0.05, 0) is 31.9 Å². The molecule has 0 spiro atoms. The van der Waals surface area contributed by atoms with E-state index in [4.69, 9.17) is 0 Å². The number of aryl methyl sites for hydroxylation is 1. The van der Waals surface area contributed by atoms with Crippen molar-refractivity contribution in [2.24, 2.45) is 0 Å². The van der Waals surface area contributed by atoms with Gasteiger partial charge in [-0.15, -0.1) is 11.3 Å². The lowest BCUT2D eigenvalue weighted by molar-refractivity contribution is -0.141. The quantitative estimate of drug-likeness (QED) is 0.820. The zero-order chi connectivity index (χ0) is 14.7. The summed E-state index contributed by atoms with van der Waals surface area (Å²) >= 11 is 1.72. The minimum atomic E-state index is -0.356. The molecule has 1 atom stereocenters. The summed E-state index contributed by atoms with van der Waals surface area (Å²) in [5.74, 6) is -0.0967. The SMILES string of the molecule is CCC(CC)N1C(=O)CC(NCc2ccc(C)s2)C1=O. The van der Waals surface area contributed by atoms with Crippen LogP contribution in [0.3, 0.4) is 0 Å². The molecule has 0 bridgehead atoms. The molecule has 1 fully saturated rings. The van der Waals surface area contributed by atoms with Crippen LogP contribution in [0.25, 0.3) is 0 Å². The average Bonchev–Trinajstić information content (AvgIpc) is 2.95. The lowest BCUT2D eigenvalue weighted by Crippen LogP contribution is -2.43. The number of nitrogens with zero attached hydrogens (tertiary/aromatic N) is 1. The fraction of sp³-hybridized carbons (Fsp3) is 0.600. The second-order valence-corrected chi connectivity index (χ2v) is 6.59. The number of carbonyl (C=O) groups is 2. The van der Waals surface area contributed by atoms with Gasteiger partial charge in [-0.1, -0.05) is 13.8 Å². The third-order valence-electron chi connectivity index (χ3n) is 3.81. The van der Waals surface area contributed by atoms with E-state index in [9.17, 15) is 9.59 Å². The van der Waals surface area contributed by atoms with E-state index in [0.29, 0.717) is 13.0 Å². The molecule has 4 nitrogen and oxygen atoms in total. The van der Waals surface area contributed by atoms with Crippen LogP contribution in [-0.2, 0) is 16.1 Å². The summed E-state index contributed by atoms with van der Waals surface area (Å²) in [5, 5.41) is 3.22. The number of hydrogen-bond donors (Lipinski definition) is 1. The monoisotopic (exact) mass is 294 g/mol. The Bertz CT molecular complexity index is 494. The van der Waals surface area contributed by atoms with Crippen molar-refractivity contribution in [2.45, 2.75) is 58.7 Å². The maximum Gasteiger partial charge on any atom is 0.247 e. The molecule has 2 heterocycles. The van der Waals surface area contributed by atoms with Crippen molar-refractivity contribution in [2.75, 3.05) is 0 Å². The Balaban J connectivity index is 1.97. The first-order chi connectivity index (χ1) is 9.56. The van der Waals surface area contributed by atoms with Gasteiger partial charge in [-0.2, -0.15) is 0 Å². The molecule has 1 aromatic heterocycles. The summed E-state index contributed by atoms with van der Waals surface area (Å²) in [4.78, 5) is 28.3. The highest BCUT2D eigenvalue weighted by Gasteiger charge is 2.40. The Hall–Kier alpha value is -1.20. The molecule has 0 aromatic carbocycles. The van der Waals surface area contributed by atoms with Crippen molar-refractivity contribution in [3.63, 3.8) is 0 Å². The van der Waals surface area contributed by atoms with Gasteiger partial charge in [0.25, 0.3) is 0 Å². The number of thiophene rings is 1. The molecule has 5 heteroatoms. The molecule has 0 aliphatic carbocycles. The Morgan fingerprint density at radius 3 is 2.60 bits per heavy atom. The van der Waals surface area contributed by atoms with E-state index in [-0.39, 0.29) is 23.9 Å². The van der Waals surface area contributed by atoms with Crippen molar-refractivity contribution in [1.29, 1.82) is 0 Å². The van der Waals surface area contributed by atoms with Gasteiger partial charge in [0.1, 0.15) is 0 Å². The molecule has 1 unspecified atom stereocenters. The lowest BCUT2D eigenvalue weighted by atomic mass is 10.1. The number of hydrogen-bond acceptors (Lipinski definition) is 4. The van der Waals surface area contributed by atoms with E-state index in [0.717, 1.165) is 12.8 Å². The molecule has 1 aliphatic heterocycles. The van der Waals surface area contributed by atoms with Crippen LogP contribution >= 0.6 is 11.3 Å². The first kappa shape index (κ1) is 15.2. The number of amides is 2. The van der Waals surface area contributed by atoms with Crippen LogP contribution < -0.4 is 5.32 Å². The van der Waals surface area contributed by atoms with Gasteiger partial charge < -0.3 is 5.32 Å². The van der Waals surface area contributed by atoms with Crippen LogP contribution in [0.5, 0.6) is 0 Å². The highest BCUT2D eigenvalue weighted by atomic mass is 32.1. The molecular weight excluding hydrogens is 272 g/mol. The van der Waals surface area contributed by atoms with Gasteiger partial charge in [-0.3, -0.25) is 14.5 Å². The predicted molar refractivity (Wildman–Crippen MR) is 80.5 cm³/mol. The molecule has 20 heavy (non-hydrogen) atoms. The summed E-state index contributed by atoms with van der Waals surface area (Å²) in [6, 6.07) is 3.82. The summed E-state index contributed by atoms with van der Waals surface area (Å²) in [6.45, 7) is 6.75. The van der Waals surface area contributed by atoms with Crippen LogP contribution in [0.15, 0.2) is 12.1 Å². The standard InChI is InChI=1S/C15H22N2O2S/c1-4-11(5-2)17-14(18)8-13(15(17)19)16-9-12-7-6-10(3)20-12/h6-7,11,13,16H,4-5,8-9H2,1-3H3. The van der Waals surface area contributed by atoms with Crippen molar-refractivity contribution in [3.8, 4) is 0 Å². The van der Waals surface area contributed by atoms with Gasteiger partial charge in [-0.25, -0.2) is 0 Å². The largest absolute Gasteiger partial charge is 0.300 e. The number of carbonyl (C=O) groups excluding carboxylic acids is 2. The van der Waals surface area contributed by atoms with Crippen LogP contribution in [0.2, 0.25) is 0 Å². The molecule has 1 aromatic rings. The van der Waals surface area contributed by atoms with Gasteiger partial charge in [0.2, 0.25) is 11.8 Å². The Labute approximate surface area is 124 Å². The van der Waals surface area contributed by atoms with Gasteiger partial charge in [0, 0.05) is 22.3 Å². The Morgan fingerprint density at radius 2 is 2.05 bits per heavy atom. The van der Waals surface area contributed by atoms with E-state index in [1.54, 1.807) is 11.3 Å². The van der Waals surface area contributed by atoms with Crippen LogP contribution in [0.4, 0.5) is 0 Å². The molecule has 2 rings (SSSR count). The van der Waals surface area contributed by atoms with Crippen molar-refractivity contribution >= 4 is 23.2 Å². The summed E-state index contributed by atoms with van der Waals surface area (Å²) < 4.78 is 0. The van der Waals surface area contributed by atoms with E-state index in [1.165, 1.54) is 14.7 Å². The van der Waals surface area contributed by atoms with Crippen LogP contribution in [0.1, 0.15) is 42.9 Å². The highest BCUT2D eigenvalue weighted by Crippen LogP contribution is 2.21. The zero-order valence-electron chi connectivity index (χ0n) is 12.3.